The predicted molar refractivity (Wildman–Crippen MR) is 139 cm³/mol. The minimum absolute atomic E-state index is 0.208. The molecule has 5 rings (SSSR count). The molecule has 0 fully saturated rings. The molecule has 0 saturated heterocycles. The third kappa shape index (κ3) is 3.83. The third-order valence-corrected chi connectivity index (χ3v) is 7.45. The van der Waals surface area contributed by atoms with Crippen molar-refractivity contribution < 1.29 is 15.0 Å². The predicted octanol–water partition coefficient (Wildman–Crippen LogP) is 5.63. The molecule has 178 valence electrons. The first-order valence-corrected chi connectivity index (χ1v) is 12.3. The first-order chi connectivity index (χ1) is 17.1. The molecule has 4 nitrogen and oxygen atoms in total. The molecule has 1 unspecified atom stereocenters. The maximum absolute atomic E-state index is 13.0. The number of aliphatic hydroxyl groups is 1. The van der Waals surface area contributed by atoms with Gasteiger partial charge in [0, 0.05) is 19.1 Å². The highest BCUT2D eigenvalue weighted by Gasteiger charge is 2.54. The molecule has 3 aromatic carbocycles. The molecule has 2 aliphatic carbocycles. The van der Waals surface area contributed by atoms with Crippen LogP contribution in [0.4, 0.5) is 0 Å². The molecule has 0 aromatic heterocycles. The van der Waals surface area contributed by atoms with E-state index in [0.717, 1.165) is 35.1 Å². The van der Waals surface area contributed by atoms with Crippen molar-refractivity contribution in [2.75, 3.05) is 6.61 Å². The Morgan fingerprint density at radius 1 is 0.971 bits per heavy atom. The molecule has 2 N–H and O–H groups in total. The zero-order chi connectivity index (χ0) is 24.4. The van der Waals surface area contributed by atoms with Gasteiger partial charge in [0.2, 0.25) is 0 Å². The number of hydrogen-bond acceptors (Lipinski definition) is 3. The Morgan fingerprint density at radius 3 is 2.31 bits per heavy atom. The Kier molecular flexibility index (Phi) is 6.42. The molecule has 3 atom stereocenters. The normalized spacial score (nSPS) is 20.4. The van der Waals surface area contributed by atoms with Gasteiger partial charge in [-0.15, -0.1) is 0 Å². The highest BCUT2D eigenvalue weighted by Crippen LogP contribution is 2.56. The van der Waals surface area contributed by atoms with E-state index >= 15 is 0 Å². The van der Waals surface area contributed by atoms with Crippen molar-refractivity contribution in [1.29, 1.82) is 0 Å². The number of carboxylic acid groups (broad SMARTS) is 1. The van der Waals surface area contributed by atoms with Gasteiger partial charge in [0.25, 0.3) is 0 Å². The van der Waals surface area contributed by atoms with Crippen molar-refractivity contribution in [2.24, 2.45) is 5.92 Å². The van der Waals surface area contributed by atoms with Gasteiger partial charge in [-0.1, -0.05) is 104 Å². The van der Waals surface area contributed by atoms with Crippen LogP contribution >= 0.6 is 0 Å². The lowest BCUT2D eigenvalue weighted by atomic mass is 9.74. The first kappa shape index (κ1) is 23.3. The second kappa shape index (κ2) is 9.65. The van der Waals surface area contributed by atoms with Crippen molar-refractivity contribution in [3.05, 3.63) is 125 Å². The summed E-state index contributed by atoms with van der Waals surface area (Å²) in [5.41, 5.74) is 6.02. The molecule has 0 spiro atoms. The highest BCUT2D eigenvalue weighted by atomic mass is 16.4. The smallest absolute Gasteiger partial charge is 0.321 e. The second-order valence-electron chi connectivity index (χ2n) is 9.51. The lowest BCUT2D eigenvalue weighted by Crippen LogP contribution is -2.57. The van der Waals surface area contributed by atoms with Gasteiger partial charge in [0.1, 0.15) is 6.04 Å². The topological polar surface area (TPSA) is 60.8 Å². The minimum atomic E-state index is -0.921. The molecule has 0 heterocycles. The lowest BCUT2D eigenvalue weighted by Gasteiger charge is -2.49. The van der Waals surface area contributed by atoms with Gasteiger partial charge in [0.15, 0.2) is 0 Å². The minimum Gasteiger partial charge on any atom is -0.480 e. The molecule has 0 aliphatic heterocycles. The summed E-state index contributed by atoms with van der Waals surface area (Å²) in [6.07, 6.45) is 6.17. The fourth-order valence-electron chi connectivity index (χ4n) is 5.98. The van der Waals surface area contributed by atoms with Crippen molar-refractivity contribution >= 4 is 11.5 Å². The summed E-state index contributed by atoms with van der Waals surface area (Å²) >= 11 is 0. The van der Waals surface area contributed by atoms with Gasteiger partial charge in [-0.25, -0.2) is 0 Å². The highest BCUT2D eigenvalue weighted by molar-refractivity contribution is 5.89. The Balaban J connectivity index is 1.86. The maximum atomic E-state index is 13.0. The van der Waals surface area contributed by atoms with E-state index in [1.807, 2.05) is 61.5 Å². The quantitative estimate of drug-likeness (QED) is 0.453. The van der Waals surface area contributed by atoms with Crippen LogP contribution in [-0.2, 0) is 16.9 Å². The van der Waals surface area contributed by atoms with Crippen LogP contribution in [0, 0.1) is 5.92 Å². The zero-order valence-electron chi connectivity index (χ0n) is 20.0. The summed E-state index contributed by atoms with van der Waals surface area (Å²) in [7, 11) is 0. The van der Waals surface area contributed by atoms with E-state index in [1.54, 1.807) is 0 Å². The number of carbonyl (C=O) groups is 1. The Labute approximate surface area is 206 Å². The number of aliphatic carboxylic acids is 1. The van der Waals surface area contributed by atoms with Crippen LogP contribution in [0.5, 0.6) is 0 Å². The van der Waals surface area contributed by atoms with Crippen LogP contribution in [0.1, 0.15) is 42.0 Å². The van der Waals surface area contributed by atoms with E-state index < -0.39 is 23.5 Å². The molecule has 35 heavy (non-hydrogen) atoms. The molecular weight excluding hydrogens is 434 g/mol. The summed E-state index contributed by atoms with van der Waals surface area (Å²) in [5, 5.41) is 20.8. The van der Waals surface area contributed by atoms with Crippen LogP contribution in [0.25, 0.3) is 5.57 Å². The van der Waals surface area contributed by atoms with E-state index in [0.29, 0.717) is 6.54 Å². The third-order valence-electron chi connectivity index (χ3n) is 7.45. The van der Waals surface area contributed by atoms with Gasteiger partial charge in [-0.2, -0.15) is 0 Å². The number of hydrogen-bond donors (Lipinski definition) is 2. The first-order valence-electron chi connectivity index (χ1n) is 12.3. The zero-order valence-corrected chi connectivity index (χ0v) is 20.0. The maximum Gasteiger partial charge on any atom is 0.321 e. The molecule has 0 radical (unpaired) electrons. The van der Waals surface area contributed by atoms with Gasteiger partial charge < -0.3 is 10.2 Å². The Morgan fingerprint density at radius 2 is 1.63 bits per heavy atom. The van der Waals surface area contributed by atoms with Gasteiger partial charge in [0.05, 0.1) is 5.54 Å². The van der Waals surface area contributed by atoms with Crippen LogP contribution in [-0.4, -0.2) is 33.7 Å². The van der Waals surface area contributed by atoms with E-state index in [2.05, 4.69) is 47.4 Å². The number of nitrogens with zero attached hydrogens (tertiary/aromatic N) is 1. The van der Waals surface area contributed by atoms with Crippen molar-refractivity contribution in [1.82, 2.24) is 4.90 Å². The van der Waals surface area contributed by atoms with Crippen LogP contribution in [0.2, 0.25) is 0 Å². The number of benzene rings is 3. The van der Waals surface area contributed by atoms with E-state index in [1.165, 1.54) is 11.1 Å². The SMILES string of the molecule is C[C@@H](CO)[C@@H](C(=O)O)N(Cc1ccccc1)C1(c2ccccc2)C2=C(C=CCC2)c2ccccc21. The fourth-order valence-corrected chi connectivity index (χ4v) is 5.98. The summed E-state index contributed by atoms with van der Waals surface area (Å²) in [5.74, 6) is -1.39. The number of carboxylic acids is 1. The van der Waals surface area contributed by atoms with Crippen molar-refractivity contribution in [3.63, 3.8) is 0 Å². The van der Waals surface area contributed by atoms with Gasteiger partial charge >= 0.3 is 5.97 Å². The van der Waals surface area contributed by atoms with Gasteiger partial charge in [-0.3, -0.25) is 9.69 Å². The fraction of sp³-hybridized carbons (Fsp3) is 0.258. The average Bonchev–Trinajstić information content (AvgIpc) is 3.20. The van der Waals surface area contributed by atoms with Crippen molar-refractivity contribution in [2.45, 2.75) is 37.9 Å². The van der Waals surface area contributed by atoms with E-state index in [9.17, 15) is 15.0 Å². The number of fused-ring (bicyclic) bond motifs is 2. The number of aliphatic hydroxyl groups excluding tert-OH is 1. The standard InChI is InChI=1S/C31H31NO3/c1-22(21-33)29(30(34)35)32(20-23-12-4-2-5-13-23)31(24-14-6-3-7-15-24)27-18-10-8-16-25(27)26-17-9-11-19-28(26)31/h2-10,12-18,22,29,33H,11,19-21H2,1H3,(H,34,35)/t22-,29-,31?/m0/s1. The summed E-state index contributed by atoms with van der Waals surface area (Å²) in [6, 6.07) is 27.8. The Bertz CT molecular complexity index is 1260. The van der Waals surface area contributed by atoms with E-state index in [4.69, 9.17) is 0 Å². The van der Waals surface area contributed by atoms with Crippen molar-refractivity contribution in [3.8, 4) is 0 Å². The molecule has 4 heteroatoms. The average molecular weight is 466 g/mol. The molecule has 3 aromatic rings. The number of rotatable bonds is 8. The second-order valence-corrected chi connectivity index (χ2v) is 9.51. The van der Waals surface area contributed by atoms with Crippen LogP contribution in [0.3, 0.4) is 0 Å². The molecular formula is C31H31NO3. The summed E-state index contributed by atoms with van der Waals surface area (Å²) in [4.78, 5) is 15.1. The van der Waals surface area contributed by atoms with Crippen LogP contribution in [0.15, 0.2) is 103 Å². The van der Waals surface area contributed by atoms with Gasteiger partial charge in [-0.05, 0) is 46.2 Å². The Hall–Kier alpha value is -3.47. The summed E-state index contributed by atoms with van der Waals surface area (Å²) < 4.78 is 0. The largest absolute Gasteiger partial charge is 0.480 e. The van der Waals surface area contributed by atoms with Crippen LogP contribution < -0.4 is 0 Å². The lowest BCUT2D eigenvalue weighted by molar-refractivity contribution is -0.149. The number of allylic oxidation sites excluding steroid dienone is 3. The monoisotopic (exact) mass is 465 g/mol. The summed E-state index contributed by atoms with van der Waals surface area (Å²) in [6.45, 7) is 2.05. The molecule has 0 bridgehead atoms. The molecule has 0 saturated carbocycles. The molecule has 2 aliphatic rings. The van der Waals surface area contributed by atoms with E-state index in [-0.39, 0.29) is 6.61 Å². The molecule has 0 amide bonds.